The van der Waals surface area contributed by atoms with Gasteiger partial charge in [-0.1, -0.05) is 24.3 Å². The SMILES string of the molecule is Cc1ccccc1C(N)N(C)C. The van der Waals surface area contributed by atoms with Crippen molar-refractivity contribution in [3.8, 4) is 0 Å². The molecule has 0 spiro atoms. The van der Waals surface area contributed by atoms with E-state index in [1.165, 1.54) is 11.1 Å². The van der Waals surface area contributed by atoms with Crippen LogP contribution in [0.1, 0.15) is 17.3 Å². The maximum atomic E-state index is 5.96. The first-order valence-corrected chi connectivity index (χ1v) is 4.10. The van der Waals surface area contributed by atoms with Crippen LogP contribution in [0.4, 0.5) is 0 Å². The van der Waals surface area contributed by atoms with Gasteiger partial charge >= 0.3 is 0 Å². The Kier molecular flexibility index (Phi) is 2.84. The lowest BCUT2D eigenvalue weighted by Crippen LogP contribution is -2.28. The van der Waals surface area contributed by atoms with Crippen LogP contribution in [0.25, 0.3) is 0 Å². The van der Waals surface area contributed by atoms with E-state index in [0.29, 0.717) is 0 Å². The van der Waals surface area contributed by atoms with Gasteiger partial charge in [-0.3, -0.25) is 4.90 Å². The molecule has 2 heteroatoms. The van der Waals surface area contributed by atoms with Gasteiger partial charge in [0, 0.05) is 0 Å². The van der Waals surface area contributed by atoms with Gasteiger partial charge in [-0.2, -0.15) is 0 Å². The predicted octanol–water partition coefficient (Wildman–Crippen LogP) is 1.51. The summed E-state index contributed by atoms with van der Waals surface area (Å²) in [4.78, 5) is 2.00. The molecule has 0 fully saturated rings. The van der Waals surface area contributed by atoms with Gasteiger partial charge in [0.25, 0.3) is 0 Å². The number of nitrogens with two attached hydrogens (primary N) is 1. The Labute approximate surface area is 74.0 Å². The molecule has 0 bridgehead atoms. The van der Waals surface area contributed by atoms with Crippen LogP contribution in [-0.4, -0.2) is 19.0 Å². The molecule has 0 heterocycles. The lowest BCUT2D eigenvalue weighted by atomic mass is 10.1. The van der Waals surface area contributed by atoms with Crippen LogP contribution >= 0.6 is 0 Å². The van der Waals surface area contributed by atoms with Crippen molar-refractivity contribution in [3.05, 3.63) is 35.4 Å². The van der Waals surface area contributed by atoms with Crippen molar-refractivity contribution < 1.29 is 0 Å². The molecular weight excluding hydrogens is 148 g/mol. The molecule has 1 unspecified atom stereocenters. The third-order valence-electron chi connectivity index (χ3n) is 2.06. The summed E-state index contributed by atoms with van der Waals surface area (Å²) in [5.74, 6) is 0. The van der Waals surface area contributed by atoms with E-state index in [1.54, 1.807) is 0 Å². The number of aryl methyl sites for hydroxylation is 1. The van der Waals surface area contributed by atoms with E-state index in [1.807, 2.05) is 31.1 Å². The summed E-state index contributed by atoms with van der Waals surface area (Å²) in [6.45, 7) is 2.08. The van der Waals surface area contributed by atoms with Crippen LogP contribution in [0.3, 0.4) is 0 Å². The van der Waals surface area contributed by atoms with Gasteiger partial charge in [0.2, 0.25) is 0 Å². The summed E-state index contributed by atoms with van der Waals surface area (Å²) in [5.41, 5.74) is 8.41. The Bertz CT molecular complexity index is 256. The fourth-order valence-electron chi connectivity index (χ4n) is 1.20. The van der Waals surface area contributed by atoms with Gasteiger partial charge in [0.1, 0.15) is 0 Å². The average molecular weight is 164 g/mol. The second-order valence-electron chi connectivity index (χ2n) is 3.27. The molecule has 0 saturated heterocycles. The van der Waals surface area contributed by atoms with Crippen LogP contribution < -0.4 is 5.73 Å². The molecule has 1 rings (SSSR count). The summed E-state index contributed by atoms with van der Waals surface area (Å²) in [6, 6.07) is 8.20. The molecule has 0 aliphatic heterocycles. The van der Waals surface area contributed by atoms with Crippen LogP contribution in [0.5, 0.6) is 0 Å². The Morgan fingerprint density at radius 1 is 1.25 bits per heavy atom. The van der Waals surface area contributed by atoms with E-state index >= 15 is 0 Å². The molecule has 2 N–H and O–H groups in total. The van der Waals surface area contributed by atoms with Crippen molar-refractivity contribution in [1.82, 2.24) is 4.90 Å². The highest BCUT2D eigenvalue weighted by molar-refractivity contribution is 5.27. The average Bonchev–Trinajstić information content (AvgIpc) is 2.04. The lowest BCUT2D eigenvalue weighted by Gasteiger charge is -2.21. The minimum atomic E-state index is 0.00574. The van der Waals surface area contributed by atoms with E-state index in [2.05, 4.69) is 19.1 Å². The molecule has 66 valence electrons. The normalized spacial score (nSPS) is 13.4. The highest BCUT2D eigenvalue weighted by Gasteiger charge is 2.08. The third kappa shape index (κ3) is 1.84. The van der Waals surface area contributed by atoms with Crippen LogP contribution in [0, 0.1) is 6.92 Å². The summed E-state index contributed by atoms with van der Waals surface area (Å²) in [6.07, 6.45) is 0.00574. The van der Waals surface area contributed by atoms with Crippen molar-refractivity contribution in [2.24, 2.45) is 5.73 Å². The second-order valence-corrected chi connectivity index (χ2v) is 3.27. The van der Waals surface area contributed by atoms with Gasteiger partial charge < -0.3 is 5.73 Å². The van der Waals surface area contributed by atoms with Crippen LogP contribution in [0.2, 0.25) is 0 Å². The van der Waals surface area contributed by atoms with Crippen molar-refractivity contribution in [2.75, 3.05) is 14.1 Å². The van der Waals surface area contributed by atoms with Crippen molar-refractivity contribution in [2.45, 2.75) is 13.1 Å². The van der Waals surface area contributed by atoms with Crippen molar-refractivity contribution in [1.29, 1.82) is 0 Å². The molecule has 0 radical (unpaired) electrons. The van der Waals surface area contributed by atoms with Gasteiger partial charge in [0.05, 0.1) is 6.17 Å². The molecule has 0 aliphatic rings. The molecular formula is C10H16N2. The number of hydrogen-bond donors (Lipinski definition) is 1. The number of hydrogen-bond acceptors (Lipinski definition) is 2. The second kappa shape index (κ2) is 3.70. The number of rotatable bonds is 2. The highest BCUT2D eigenvalue weighted by Crippen LogP contribution is 2.15. The van der Waals surface area contributed by atoms with Gasteiger partial charge in [-0.05, 0) is 32.1 Å². The van der Waals surface area contributed by atoms with E-state index in [9.17, 15) is 0 Å². The van der Waals surface area contributed by atoms with E-state index < -0.39 is 0 Å². The fourth-order valence-corrected chi connectivity index (χ4v) is 1.20. The first kappa shape index (κ1) is 9.23. The topological polar surface area (TPSA) is 29.3 Å². The Morgan fingerprint density at radius 2 is 1.83 bits per heavy atom. The minimum absolute atomic E-state index is 0.00574. The van der Waals surface area contributed by atoms with Crippen LogP contribution in [0.15, 0.2) is 24.3 Å². The number of nitrogens with zero attached hydrogens (tertiary/aromatic N) is 1. The van der Waals surface area contributed by atoms with Crippen molar-refractivity contribution in [3.63, 3.8) is 0 Å². The summed E-state index contributed by atoms with van der Waals surface area (Å²) in [7, 11) is 3.97. The largest absolute Gasteiger partial charge is 0.312 e. The molecule has 0 aromatic heterocycles. The van der Waals surface area contributed by atoms with E-state index in [0.717, 1.165) is 0 Å². The Balaban J connectivity index is 2.94. The first-order chi connectivity index (χ1) is 5.63. The predicted molar refractivity (Wildman–Crippen MR) is 51.8 cm³/mol. The van der Waals surface area contributed by atoms with Gasteiger partial charge in [0.15, 0.2) is 0 Å². The maximum Gasteiger partial charge on any atom is 0.0833 e. The summed E-state index contributed by atoms with van der Waals surface area (Å²) < 4.78 is 0. The third-order valence-corrected chi connectivity index (χ3v) is 2.06. The van der Waals surface area contributed by atoms with Gasteiger partial charge in [-0.25, -0.2) is 0 Å². The monoisotopic (exact) mass is 164 g/mol. The molecule has 2 nitrogen and oxygen atoms in total. The van der Waals surface area contributed by atoms with Crippen molar-refractivity contribution >= 4 is 0 Å². The lowest BCUT2D eigenvalue weighted by molar-refractivity contribution is 0.306. The maximum absolute atomic E-state index is 5.96. The van der Waals surface area contributed by atoms with E-state index in [-0.39, 0.29) is 6.17 Å². The van der Waals surface area contributed by atoms with Crippen LogP contribution in [-0.2, 0) is 0 Å². The quantitative estimate of drug-likeness (QED) is 0.671. The summed E-state index contributed by atoms with van der Waals surface area (Å²) >= 11 is 0. The highest BCUT2D eigenvalue weighted by atomic mass is 15.2. The summed E-state index contributed by atoms with van der Waals surface area (Å²) in [5, 5.41) is 0. The molecule has 1 atom stereocenters. The molecule has 1 aromatic rings. The zero-order valence-corrected chi connectivity index (χ0v) is 7.91. The molecule has 12 heavy (non-hydrogen) atoms. The minimum Gasteiger partial charge on any atom is -0.312 e. The molecule has 0 saturated carbocycles. The molecule has 1 aromatic carbocycles. The molecule has 0 aliphatic carbocycles. The smallest absolute Gasteiger partial charge is 0.0833 e. The van der Waals surface area contributed by atoms with E-state index in [4.69, 9.17) is 5.73 Å². The Morgan fingerprint density at radius 3 is 2.33 bits per heavy atom. The van der Waals surface area contributed by atoms with Gasteiger partial charge in [-0.15, -0.1) is 0 Å². The molecule has 0 amide bonds. The first-order valence-electron chi connectivity index (χ1n) is 4.10. The fraction of sp³-hybridized carbons (Fsp3) is 0.400. The number of benzene rings is 1. The zero-order valence-electron chi connectivity index (χ0n) is 7.91. The standard InChI is InChI=1S/C10H16N2/c1-8-6-4-5-7-9(8)10(11)12(2)3/h4-7,10H,11H2,1-3H3. The zero-order chi connectivity index (χ0) is 9.14. The Hall–Kier alpha value is -0.860.